The highest BCUT2D eigenvalue weighted by Crippen LogP contribution is 2.17. The Morgan fingerprint density at radius 3 is 2.46 bits per heavy atom. The van der Waals surface area contributed by atoms with Crippen LogP contribution in [0.25, 0.3) is 0 Å². The van der Waals surface area contributed by atoms with Crippen molar-refractivity contribution in [2.45, 2.75) is 38.8 Å². The summed E-state index contributed by atoms with van der Waals surface area (Å²) in [5.41, 5.74) is 8.22. The second-order valence-electron chi connectivity index (χ2n) is 6.20. The summed E-state index contributed by atoms with van der Waals surface area (Å²) in [6.07, 6.45) is 2.64. The highest BCUT2D eigenvalue weighted by Gasteiger charge is 2.11. The van der Waals surface area contributed by atoms with Crippen LogP contribution in [-0.2, 0) is 11.3 Å². The molecule has 2 aromatic rings. The number of hydrogen-bond acceptors (Lipinski definition) is 5. The van der Waals surface area contributed by atoms with Gasteiger partial charge in [0.25, 0.3) is 0 Å². The minimum atomic E-state index is -0.521. The fourth-order valence-corrected chi connectivity index (χ4v) is 2.34. The van der Waals surface area contributed by atoms with Gasteiger partial charge in [0.05, 0.1) is 4.92 Å². The number of nitrogens with one attached hydrogen (secondary N) is 1. The Balaban J connectivity index is 0.00000338. The first-order chi connectivity index (χ1) is 11.9. The van der Waals surface area contributed by atoms with E-state index in [4.69, 9.17) is 5.73 Å². The predicted molar refractivity (Wildman–Crippen MR) is 101 cm³/mol. The van der Waals surface area contributed by atoms with Crippen LogP contribution < -0.4 is 11.1 Å². The predicted octanol–water partition coefficient (Wildman–Crippen LogP) is 2.54. The summed E-state index contributed by atoms with van der Waals surface area (Å²) in [6, 6.07) is 7.78. The number of rotatable bonds is 8. The summed E-state index contributed by atoms with van der Waals surface area (Å²) in [5.74, 6) is 0.288. The Morgan fingerprint density at radius 2 is 1.92 bits per heavy atom. The molecule has 26 heavy (non-hydrogen) atoms. The summed E-state index contributed by atoms with van der Waals surface area (Å²) in [5, 5.41) is 17.2. The summed E-state index contributed by atoms with van der Waals surface area (Å²) >= 11 is 0. The lowest BCUT2D eigenvalue weighted by Gasteiger charge is -2.14. The molecule has 8 nitrogen and oxygen atoms in total. The summed E-state index contributed by atoms with van der Waals surface area (Å²) < 4.78 is 1.38. The maximum atomic E-state index is 11.9. The average molecular weight is 382 g/mol. The molecule has 0 spiro atoms. The van der Waals surface area contributed by atoms with Crippen molar-refractivity contribution in [3.8, 4) is 0 Å². The van der Waals surface area contributed by atoms with E-state index < -0.39 is 4.92 Å². The number of halogens is 1. The number of carbonyl (C=O) groups excluding carboxylic acids is 1. The Bertz CT molecular complexity index is 730. The number of aryl methyl sites for hydroxylation is 1. The third-order valence-corrected chi connectivity index (χ3v) is 3.95. The van der Waals surface area contributed by atoms with Crippen LogP contribution in [0, 0.1) is 10.1 Å². The highest BCUT2D eigenvalue weighted by molar-refractivity contribution is 5.85. The largest absolute Gasteiger partial charge is 0.354 e. The molecule has 0 fully saturated rings. The Kier molecular flexibility index (Phi) is 8.21. The van der Waals surface area contributed by atoms with Crippen LogP contribution in [-0.4, -0.2) is 27.2 Å². The molecule has 2 rings (SSSR count). The Labute approximate surface area is 158 Å². The van der Waals surface area contributed by atoms with Gasteiger partial charge in [0.2, 0.25) is 5.91 Å². The van der Waals surface area contributed by atoms with Gasteiger partial charge in [-0.3, -0.25) is 19.6 Å². The summed E-state index contributed by atoms with van der Waals surface area (Å²) in [4.78, 5) is 22.0. The van der Waals surface area contributed by atoms with Crippen molar-refractivity contribution in [1.82, 2.24) is 15.1 Å². The van der Waals surface area contributed by atoms with E-state index in [0.717, 1.165) is 11.8 Å². The van der Waals surface area contributed by atoms with Crippen LogP contribution in [0.3, 0.4) is 0 Å². The molecule has 0 bridgehead atoms. The zero-order chi connectivity index (χ0) is 18.4. The molecule has 1 heterocycles. The molecule has 1 aromatic heterocycles. The molecule has 0 saturated carbocycles. The van der Waals surface area contributed by atoms with E-state index in [0.29, 0.717) is 12.5 Å². The van der Waals surface area contributed by atoms with Gasteiger partial charge in [-0.25, -0.2) is 0 Å². The van der Waals surface area contributed by atoms with Gasteiger partial charge in [0.1, 0.15) is 12.4 Å². The van der Waals surface area contributed by atoms with Gasteiger partial charge in [0, 0.05) is 25.6 Å². The van der Waals surface area contributed by atoms with Crippen LogP contribution in [0.5, 0.6) is 0 Å². The number of benzene rings is 1. The van der Waals surface area contributed by atoms with Crippen molar-refractivity contribution >= 4 is 24.0 Å². The van der Waals surface area contributed by atoms with Gasteiger partial charge in [0.15, 0.2) is 0 Å². The molecule has 0 aliphatic carbocycles. The molecule has 1 atom stereocenters. The van der Waals surface area contributed by atoms with Crippen LogP contribution >= 0.6 is 12.4 Å². The molecule has 1 unspecified atom stereocenters. The Hall–Kier alpha value is -2.45. The fraction of sp³-hybridized carbons (Fsp3) is 0.412. The van der Waals surface area contributed by atoms with Gasteiger partial charge < -0.3 is 11.1 Å². The lowest BCUT2D eigenvalue weighted by Crippen LogP contribution is -2.32. The average Bonchev–Trinajstić information content (AvgIpc) is 3.07. The quantitative estimate of drug-likeness (QED) is 0.538. The monoisotopic (exact) mass is 381 g/mol. The zero-order valence-corrected chi connectivity index (χ0v) is 15.6. The molecule has 0 saturated heterocycles. The van der Waals surface area contributed by atoms with Gasteiger partial charge in [-0.15, -0.1) is 12.4 Å². The lowest BCUT2D eigenvalue weighted by atomic mass is 9.99. The second kappa shape index (κ2) is 9.88. The van der Waals surface area contributed by atoms with Crippen LogP contribution in [0.15, 0.2) is 36.7 Å². The second-order valence-corrected chi connectivity index (χ2v) is 6.20. The molecule has 0 radical (unpaired) electrons. The van der Waals surface area contributed by atoms with E-state index >= 15 is 0 Å². The first-order valence-electron chi connectivity index (χ1n) is 8.15. The van der Waals surface area contributed by atoms with E-state index in [1.54, 1.807) is 0 Å². The molecule has 142 valence electrons. The molecule has 9 heteroatoms. The molecule has 0 aliphatic heterocycles. The molecule has 1 amide bonds. The fourth-order valence-electron chi connectivity index (χ4n) is 2.34. The SMILES string of the molecule is CC(C)c1ccc(C(N)CNC(=O)CCn2cc([N+](=O)[O-])cn2)cc1.Cl. The third-order valence-electron chi connectivity index (χ3n) is 3.95. The van der Waals surface area contributed by atoms with E-state index in [1.165, 1.54) is 16.4 Å². The summed E-state index contributed by atoms with van der Waals surface area (Å²) in [7, 11) is 0. The lowest BCUT2D eigenvalue weighted by molar-refractivity contribution is -0.385. The number of amides is 1. The van der Waals surface area contributed by atoms with E-state index in [1.807, 2.05) is 24.3 Å². The van der Waals surface area contributed by atoms with Crippen molar-refractivity contribution < 1.29 is 9.72 Å². The summed E-state index contributed by atoms with van der Waals surface area (Å²) in [6.45, 7) is 4.86. The molecule has 3 N–H and O–H groups in total. The van der Waals surface area contributed by atoms with E-state index in [-0.39, 0.29) is 43.0 Å². The van der Waals surface area contributed by atoms with Crippen molar-refractivity contribution in [2.75, 3.05) is 6.54 Å². The van der Waals surface area contributed by atoms with E-state index in [9.17, 15) is 14.9 Å². The minimum Gasteiger partial charge on any atom is -0.354 e. The van der Waals surface area contributed by atoms with Crippen molar-refractivity contribution in [1.29, 1.82) is 0 Å². The number of carbonyl (C=O) groups is 1. The molecule has 1 aromatic carbocycles. The van der Waals surface area contributed by atoms with Gasteiger partial charge in [-0.2, -0.15) is 5.10 Å². The number of nitro groups is 1. The standard InChI is InChI=1S/C17H23N5O3.ClH/c1-12(2)13-3-5-14(6-4-13)16(18)10-19-17(23)7-8-21-11-15(9-20-21)22(24)25;/h3-6,9,11-12,16H,7-8,10,18H2,1-2H3,(H,19,23);1H. The first kappa shape index (κ1) is 21.6. The van der Waals surface area contributed by atoms with Gasteiger partial charge >= 0.3 is 5.69 Å². The zero-order valence-electron chi connectivity index (χ0n) is 14.8. The third kappa shape index (κ3) is 6.12. The topological polar surface area (TPSA) is 116 Å². The van der Waals surface area contributed by atoms with Crippen molar-refractivity contribution in [2.24, 2.45) is 5.73 Å². The van der Waals surface area contributed by atoms with Crippen LogP contribution in [0.4, 0.5) is 5.69 Å². The number of nitrogens with zero attached hydrogens (tertiary/aromatic N) is 3. The minimum absolute atomic E-state index is 0. The number of nitrogens with two attached hydrogens (primary N) is 1. The molecule has 0 aliphatic rings. The molecular weight excluding hydrogens is 358 g/mol. The maximum Gasteiger partial charge on any atom is 0.306 e. The van der Waals surface area contributed by atoms with Gasteiger partial charge in [-0.1, -0.05) is 38.1 Å². The highest BCUT2D eigenvalue weighted by atomic mass is 35.5. The van der Waals surface area contributed by atoms with Crippen molar-refractivity contribution in [3.63, 3.8) is 0 Å². The number of hydrogen-bond donors (Lipinski definition) is 2. The van der Waals surface area contributed by atoms with Crippen molar-refractivity contribution in [3.05, 3.63) is 57.9 Å². The smallest absolute Gasteiger partial charge is 0.306 e. The maximum absolute atomic E-state index is 11.9. The molecular formula is C17H24ClN5O3. The van der Waals surface area contributed by atoms with E-state index in [2.05, 4.69) is 24.3 Å². The first-order valence-corrected chi connectivity index (χ1v) is 8.15. The van der Waals surface area contributed by atoms with Gasteiger partial charge in [-0.05, 0) is 17.0 Å². The van der Waals surface area contributed by atoms with Crippen LogP contribution in [0.1, 0.15) is 43.4 Å². The normalized spacial score (nSPS) is 11.7. The Morgan fingerprint density at radius 1 is 1.31 bits per heavy atom. The number of aromatic nitrogens is 2. The van der Waals surface area contributed by atoms with Crippen LogP contribution in [0.2, 0.25) is 0 Å².